The molecule has 0 aromatic carbocycles. The van der Waals surface area contributed by atoms with Gasteiger partial charge < -0.3 is 9.84 Å². The average Bonchev–Trinajstić information content (AvgIpc) is 3.08. The lowest BCUT2D eigenvalue weighted by Crippen LogP contribution is -2.24. The lowest BCUT2D eigenvalue weighted by atomic mass is 10.1. The van der Waals surface area contributed by atoms with Crippen molar-refractivity contribution in [3.05, 3.63) is 29.6 Å². The van der Waals surface area contributed by atoms with Gasteiger partial charge in [-0.25, -0.2) is 4.68 Å². The molecule has 1 fully saturated rings. The van der Waals surface area contributed by atoms with Crippen LogP contribution >= 0.6 is 0 Å². The van der Waals surface area contributed by atoms with E-state index in [1.165, 1.54) is 6.42 Å². The Labute approximate surface area is 141 Å². The van der Waals surface area contributed by atoms with Gasteiger partial charge in [0.05, 0.1) is 24.5 Å². The predicted octanol–water partition coefficient (Wildman–Crippen LogP) is 1.82. The molecule has 1 atom stereocenters. The first-order valence-corrected chi connectivity index (χ1v) is 8.41. The maximum atomic E-state index is 8.80. The van der Waals surface area contributed by atoms with Gasteiger partial charge in [0.25, 0.3) is 0 Å². The summed E-state index contributed by atoms with van der Waals surface area (Å²) >= 11 is 0. The van der Waals surface area contributed by atoms with Gasteiger partial charge in [-0.1, -0.05) is 24.0 Å². The van der Waals surface area contributed by atoms with Crippen LogP contribution in [0.4, 0.5) is 0 Å². The second-order valence-corrected chi connectivity index (χ2v) is 5.86. The Balaban J connectivity index is 1.78. The van der Waals surface area contributed by atoms with Crippen molar-refractivity contribution in [2.75, 3.05) is 13.2 Å². The highest BCUT2D eigenvalue weighted by atomic mass is 16.5. The van der Waals surface area contributed by atoms with Crippen LogP contribution in [0.3, 0.4) is 0 Å². The zero-order valence-corrected chi connectivity index (χ0v) is 13.9. The number of aromatic nitrogens is 4. The van der Waals surface area contributed by atoms with Crippen molar-refractivity contribution in [3.63, 3.8) is 0 Å². The van der Waals surface area contributed by atoms with E-state index in [1.54, 1.807) is 6.20 Å². The molecule has 1 unspecified atom stereocenters. The molecule has 6 nitrogen and oxygen atoms in total. The molecule has 1 saturated heterocycles. The topological polar surface area (TPSA) is 73.1 Å². The molecule has 1 N–H and O–H groups in total. The van der Waals surface area contributed by atoms with E-state index in [0.717, 1.165) is 54.9 Å². The van der Waals surface area contributed by atoms with Crippen LogP contribution in [-0.2, 0) is 17.7 Å². The Morgan fingerprint density at radius 1 is 1.42 bits per heavy atom. The van der Waals surface area contributed by atoms with Gasteiger partial charge in [-0.2, -0.15) is 0 Å². The maximum Gasteiger partial charge on any atom is 0.131 e. The van der Waals surface area contributed by atoms with Crippen LogP contribution in [0.25, 0.3) is 11.4 Å². The number of hydrogen-bond acceptors (Lipinski definition) is 5. The number of aliphatic hydroxyl groups excluding tert-OH is 1. The summed E-state index contributed by atoms with van der Waals surface area (Å²) in [5.74, 6) is 5.53. The minimum absolute atomic E-state index is 0.152. The van der Waals surface area contributed by atoms with Crippen LogP contribution in [0.15, 0.2) is 18.5 Å². The van der Waals surface area contributed by atoms with Crippen molar-refractivity contribution in [3.8, 4) is 23.2 Å². The lowest BCUT2D eigenvalue weighted by Gasteiger charge is -2.21. The van der Waals surface area contributed by atoms with Crippen molar-refractivity contribution >= 4 is 0 Å². The van der Waals surface area contributed by atoms with Crippen molar-refractivity contribution in [1.82, 2.24) is 20.0 Å². The monoisotopic (exact) mass is 326 g/mol. The summed E-state index contributed by atoms with van der Waals surface area (Å²) in [6.07, 6.45) is 8.13. The first-order valence-electron chi connectivity index (χ1n) is 8.41. The van der Waals surface area contributed by atoms with Crippen LogP contribution < -0.4 is 0 Å². The van der Waals surface area contributed by atoms with Gasteiger partial charge in [-0.15, -0.1) is 5.10 Å². The van der Waals surface area contributed by atoms with Gasteiger partial charge in [-0.05, 0) is 37.3 Å². The standard InChI is InChI=1S/C18H22N4O2/c1-2-15-10-14(6-5-8-23)11-19-18(15)17-13-22(21-20-17)12-16-7-3-4-9-24-16/h10-11,13,16,23H,2-4,7-9,12H2,1H3. The van der Waals surface area contributed by atoms with E-state index in [9.17, 15) is 0 Å². The number of aliphatic hydroxyl groups is 1. The zero-order valence-electron chi connectivity index (χ0n) is 13.9. The Kier molecular flexibility index (Phi) is 5.57. The molecule has 0 spiro atoms. The first-order chi connectivity index (χ1) is 11.8. The maximum absolute atomic E-state index is 8.80. The fraction of sp³-hybridized carbons (Fsp3) is 0.500. The third-order valence-corrected chi connectivity index (χ3v) is 4.11. The van der Waals surface area contributed by atoms with Gasteiger partial charge in [0.2, 0.25) is 0 Å². The fourth-order valence-electron chi connectivity index (χ4n) is 2.88. The summed E-state index contributed by atoms with van der Waals surface area (Å²) in [5.41, 5.74) is 3.47. The first kappa shape index (κ1) is 16.6. The molecule has 24 heavy (non-hydrogen) atoms. The Bertz CT molecular complexity index is 739. The van der Waals surface area contributed by atoms with Gasteiger partial charge in [0.1, 0.15) is 12.3 Å². The quantitative estimate of drug-likeness (QED) is 0.868. The minimum Gasteiger partial charge on any atom is -0.384 e. The van der Waals surface area contributed by atoms with Gasteiger partial charge in [0, 0.05) is 18.4 Å². The minimum atomic E-state index is -0.152. The van der Waals surface area contributed by atoms with E-state index in [4.69, 9.17) is 9.84 Å². The van der Waals surface area contributed by atoms with E-state index in [2.05, 4.69) is 34.1 Å². The molecule has 1 aliphatic heterocycles. The van der Waals surface area contributed by atoms with Crippen molar-refractivity contribution < 1.29 is 9.84 Å². The molecule has 2 aromatic rings. The van der Waals surface area contributed by atoms with Crippen LogP contribution in [-0.4, -0.2) is 44.4 Å². The summed E-state index contributed by atoms with van der Waals surface area (Å²) in [4.78, 5) is 4.50. The van der Waals surface area contributed by atoms with E-state index in [0.29, 0.717) is 0 Å². The molecule has 0 saturated carbocycles. The summed E-state index contributed by atoms with van der Waals surface area (Å²) in [5, 5.41) is 17.3. The molecule has 0 radical (unpaired) electrons. The summed E-state index contributed by atoms with van der Waals surface area (Å²) < 4.78 is 7.59. The molecule has 0 bridgehead atoms. The van der Waals surface area contributed by atoms with Crippen molar-refractivity contribution in [2.24, 2.45) is 0 Å². The van der Waals surface area contributed by atoms with E-state index < -0.39 is 0 Å². The number of nitrogens with zero attached hydrogens (tertiary/aromatic N) is 4. The predicted molar refractivity (Wildman–Crippen MR) is 90.2 cm³/mol. The van der Waals surface area contributed by atoms with Crippen molar-refractivity contribution in [2.45, 2.75) is 45.3 Å². The number of pyridine rings is 1. The zero-order chi connectivity index (χ0) is 16.8. The molecular weight excluding hydrogens is 304 g/mol. The van der Waals surface area contributed by atoms with Gasteiger partial charge in [-0.3, -0.25) is 4.98 Å². The van der Waals surface area contributed by atoms with E-state index in [-0.39, 0.29) is 12.7 Å². The van der Waals surface area contributed by atoms with Gasteiger partial charge >= 0.3 is 0 Å². The molecule has 0 amide bonds. The van der Waals surface area contributed by atoms with Crippen LogP contribution in [0.5, 0.6) is 0 Å². The average molecular weight is 326 g/mol. The summed E-state index contributed by atoms with van der Waals surface area (Å²) in [6.45, 7) is 3.49. The second kappa shape index (κ2) is 8.04. The number of aryl methyl sites for hydroxylation is 1. The smallest absolute Gasteiger partial charge is 0.131 e. The Hall–Kier alpha value is -2.23. The van der Waals surface area contributed by atoms with Gasteiger partial charge in [0.15, 0.2) is 0 Å². The van der Waals surface area contributed by atoms with Crippen LogP contribution in [0.2, 0.25) is 0 Å². The largest absolute Gasteiger partial charge is 0.384 e. The van der Waals surface area contributed by atoms with E-state index >= 15 is 0 Å². The highest BCUT2D eigenvalue weighted by molar-refractivity contribution is 5.59. The van der Waals surface area contributed by atoms with Crippen LogP contribution in [0.1, 0.15) is 37.3 Å². The Morgan fingerprint density at radius 2 is 2.33 bits per heavy atom. The normalized spacial score (nSPS) is 17.3. The second-order valence-electron chi connectivity index (χ2n) is 5.86. The highest BCUT2D eigenvalue weighted by Gasteiger charge is 2.16. The third kappa shape index (κ3) is 3.99. The highest BCUT2D eigenvalue weighted by Crippen LogP contribution is 2.21. The van der Waals surface area contributed by atoms with Crippen LogP contribution in [0, 0.1) is 11.8 Å². The molecule has 1 aliphatic rings. The number of ether oxygens (including phenoxy) is 1. The SMILES string of the molecule is CCc1cc(C#CCO)cnc1-c1cn(CC2CCCCO2)nn1. The fourth-order valence-corrected chi connectivity index (χ4v) is 2.88. The summed E-state index contributed by atoms with van der Waals surface area (Å²) in [7, 11) is 0. The Morgan fingerprint density at radius 3 is 3.08 bits per heavy atom. The molecular formula is C18H22N4O2. The molecule has 126 valence electrons. The molecule has 0 aliphatic carbocycles. The van der Waals surface area contributed by atoms with Crippen molar-refractivity contribution in [1.29, 1.82) is 0 Å². The van der Waals surface area contributed by atoms with E-state index in [1.807, 2.05) is 16.9 Å². The lowest BCUT2D eigenvalue weighted by molar-refractivity contribution is 0.00370. The molecule has 2 aromatic heterocycles. The number of rotatable bonds is 4. The summed E-state index contributed by atoms with van der Waals surface area (Å²) in [6, 6.07) is 1.99. The molecule has 6 heteroatoms. The molecule has 3 rings (SSSR count). The molecule has 3 heterocycles. The third-order valence-electron chi connectivity index (χ3n) is 4.11. The number of hydrogen-bond donors (Lipinski definition) is 1.